The van der Waals surface area contributed by atoms with Crippen molar-refractivity contribution in [3.63, 3.8) is 0 Å². The van der Waals surface area contributed by atoms with Gasteiger partial charge in [-0.3, -0.25) is 0 Å². The highest BCUT2D eigenvalue weighted by Crippen LogP contribution is 2.42. The van der Waals surface area contributed by atoms with E-state index in [1.165, 1.54) is 31.4 Å². The van der Waals surface area contributed by atoms with Crippen molar-refractivity contribution >= 4 is 5.71 Å². The van der Waals surface area contributed by atoms with Crippen LogP contribution in [0.4, 0.5) is 0 Å². The normalized spacial score (nSPS) is 24.1. The van der Waals surface area contributed by atoms with E-state index in [-0.39, 0.29) is 0 Å². The second-order valence-corrected chi connectivity index (χ2v) is 3.25. The molecule has 0 aromatic carbocycles. The van der Waals surface area contributed by atoms with Crippen molar-refractivity contribution in [1.82, 2.24) is 0 Å². The summed E-state index contributed by atoms with van der Waals surface area (Å²) in [6, 6.07) is 0. The Morgan fingerprint density at radius 1 is 1.20 bits per heavy atom. The van der Waals surface area contributed by atoms with Gasteiger partial charge in [-0.15, -0.1) is 0 Å². The predicted octanol–water partition coefficient (Wildman–Crippen LogP) is 1.81. The van der Waals surface area contributed by atoms with E-state index < -0.39 is 0 Å². The number of hydrogen-bond donors (Lipinski definition) is 0. The third kappa shape index (κ3) is 1.15. The van der Waals surface area contributed by atoms with E-state index >= 15 is 0 Å². The van der Waals surface area contributed by atoms with Crippen molar-refractivity contribution in [1.29, 1.82) is 0 Å². The highest BCUT2D eigenvalue weighted by molar-refractivity contribution is 5.92. The Labute approximate surface area is 61.2 Å². The molecule has 0 aromatic heterocycles. The van der Waals surface area contributed by atoms with Crippen LogP contribution in [-0.4, -0.2) is 12.8 Å². The Bertz CT molecular complexity index is 143. The fourth-order valence-electron chi connectivity index (χ4n) is 1.35. The molecule has 0 atom stereocenters. The quantitative estimate of drug-likeness (QED) is 0.431. The van der Waals surface area contributed by atoms with Crippen LogP contribution >= 0.6 is 0 Å². The van der Waals surface area contributed by atoms with Gasteiger partial charge in [-0.2, -0.15) is 0 Å². The average Bonchev–Trinajstić information content (AvgIpc) is 2.77. The second-order valence-electron chi connectivity index (χ2n) is 3.25. The molecule has 0 N–H and O–H groups in total. The molecule has 0 radical (unpaired) electrons. The van der Waals surface area contributed by atoms with Crippen LogP contribution in [0, 0.1) is 11.8 Å². The molecule has 2 aliphatic rings. The predicted molar refractivity (Wildman–Crippen MR) is 39.9 cm³/mol. The van der Waals surface area contributed by atoms with E-state index in [1.807, 2.05) is 0 Å². The van der Waals surface area contributed by atoms with Gasteiger partial charge in [-0.1, -0.05) is 5.16 Å². The third-order valence-corrected chi connectivity index (χ3v) is 2.19. The maximum absolute atomic E-state index is 4.79. The van der Waals surface area contributed by atoms with Gasteiger partial charge < -0.3 is 4.84 Å². The van der Waals surface area contributed by atoms with Gasteiger partial charge in [0.1, 0.15) is 7.11 Å². The van der Waals surface area contributed by atoms with E-state index in [0.29, 0.717) is 0 Å². The Morgan fingerprint density at radius 2 is 1.70 bits per heavy atom. The lowest BCUT2D eigenvalue weighted by Crippen LogP contribution is -2.03. The fraction of sp³-hybridized carbons (Fsp3) is 0.875. The molecule has 0 saturated heterocycles. The Morgan fingerprint density at radius 3 is 2.00 bits per heavy atom. The summed E-state index contributed by atoms with van der Waals surface area (Å²) >= 11 is 0. The highest BCUT2D eigenvalue weighted by atomic mass is 16.6. The summed E-state index contributed by atoms with van der Waals surface area (Å²) in [4.78, 5) is 4.79. The molecule has 2 saturated carbocycles. The first-order valence-electron chi connectivity index (χ1n) is 4.02. The Hall–Kier alpha value is -0.530. The summed E-state index contributed by atoms with van der Waals surface area (Å²) in [5, 5.41) is 4.06. The van der Waals surface area contributed by atoms with Crippen molar-refractivity contribution < 1.29 is 4.84 Å². The lowest BCUT2D eigenvalue weighted by molar-refractivity contribution is 0.211. The third-order valence-electron chi connectivity index (χ3n) is 2.19. The molecule has 0 amide bonds. The first-order chi connectivity index (χ1) is 4.92. The maximum atomic E-state index is 4.79. The van der Waals surface area contributed by atoms with Crippen molar-refractivity contribution in [3.05, 3.63) is 0 Å². The van der Waals surface area contributed by atoms with Gasteiger partial charge >= 0.3 is 0 Å². The number of oxime groups is 1. The van der Waals surface area contributed by atoms with E-state index in [0.717, 1.165) is 11.8 Å². The molecular weight excluding hydrogens is 126 g/mol. The standard InChI is InChI=1S/C8H13NO/c1-10-9-8(6-2-3-6)7-4-5-7/h6-7H,2-5H2,1H3. The van der Waals surface area contributed by atoms with Crippen molar-refractivity contribution in [2.24, 2.45) is 17.0 Å². The lowest BCUT2D eigenvalue weighted by Gasteiger charge is -1.98. The average molecular weight is 139 g/mol. The molecule has 2 heteroatoms. The zero-order valence-electron chi connectivity index (χ0n) is 6.34. The van der Waals surface area contributed by atoms with Gasteiger partial charge in [-0.25, -0.2) is 0 Å². The first-order valence-corrected chi connectivity index (χ1v) is 4.02. The molecule has 0 heterocycles. The molecular formula is C8H13NO. The summed E-state index contributed by atoms with van der Waals surface area (Å²) < 4.78 is 0. The molecule has 0 spiro atoms. The van der Waals surface area contributed by atoms with Crippen LogP contribution in [0.3, 0.4) is 0 Å². The Kier molecular flexibility index (Phi) is 1.40. The van der Waals surface area contributed by atoms with Crippen LogP contribution in [-0.2, 0) is 4.84 Å². The number of hydrogen-bond acceptors (Lipinski definition) is 2. The van der Waals surface area contributed by atoms with Crippen LogP contribution in [0.1, 0.15) is 25.7 Å². The van der Waals surface area contributed by atoms with Crippen molar-refractivity contribution in [2.45, 2.75) is 25.7 Å². The maximum Gasteiger partial charge on any atom is 0.106 e. The van der Waals surface area contributed by atoms with E-state index in [9.17, 15) is 0 Å². The fourth-order valence-corrected chi connectivity index (χ4v) is 1.35. The largest absolute Gasteiger partial charge is 0.399 e. The molecule has 10 heavy (non-hydrogen) atoms. The molecule has 0 bridgehead atoms. The SMILES string of the molecule is CON=C(C1CC1)C1CC1. The molecule has 2 aliphatic carbocycles. The van der Waals surface area contributed by atoms with Crippen molar-refractivity contribution in [2.75, 3.05) is 7.11 Å². The molecule has 2 rings (SSSR count). The molecule has 0 aliphatic heterocycles. The van der Waals surface area contributed by atoms with E-state index in [4.69, 9.17) is 4.84 Å². The molecule has 56 valence electrons. The summed E-state index contributed by atoms with van der Waals surface area (Å²) in [6.07, 6.45) is 5.38. The minimum atomic E-state index is 0.799. The van der Waals surface area contributed by atoms with Gasteiger partial charge in [0.25, 0.3) is 0 Å². The summed E-state index contributed by atoms with van der Waals surface area (Å²) in [6.45, 7) is 0. The van der Waals surface area contributed by atoms with Gasteiger partial charge in [-0.05, 0) is 25.7 Å². The van der Waals surface area contributed by atoms with Gasteiger partial charge in [0.05, 0.1) is 5.71 Å². The van der Waals surface area contributed by atoms with Crippen LogP contribution in [0.25, 0.3) is 0 Å². The van der Waals surface area contributed by atoms with Crippen LogP contribution in [0.5, 0.6) is 0 Å². The summed E-state index contributed by atoms with van der Waals surface area (Å²) in [5.41, 5.74) is 1.35. The smallest absolute Gasteiger partial charge is 0.106 e. The van der Waals surface area contributed by atoms with E-state index in [1.54, 1.807) is 7.11 Å². The molecule has 0 unspecified atom stereocenters. The summed E-state index contributed by atoms with van der Waals surface area (Å²) in [7, 11) is 1.64. The summed E-state index contributed by atoms with van der Waals surface area (Å²) in [5.74, 6) is 1.60. The number of rotatable bonds is 3. The van der Waals surface area contributed by atoms with Gasteiger partial charge in [0.2, 0.25) is 0 Å². The lowest BCUT2D eigenvalue weighted by atomic mass is 10.2. The van der Waals surface area contributed by atoms with Crippen LogP contribution in [0.15, 0.2) is 5.16 Å². The van der Waals surface area contributed by atoms with Gasteiger partial charge in [0, 0.05) is 11.8 Å². The minimum Gasteiger partial charge on any atom is -0.399 e. The highest BCUT2D eigenvalue weighted by Gasteiger charge is 2.38. The first kappa shape index (κ1) is 6.20. The Balaban J connectivity index is 1.98. The molecule has 0 aromatic rings. The number of nitrogens with zero attached hydrogens (tertiary/aromatic N) is 1. The van der Waals surface area contributed by atoms with Crippen molar-refractivity contribution in [3.8, 4) is 0 Å². The molecule has 2 nitrogen and oxygen atoms in total. The van der Waals surface area contributed by atoms with Crippen LogP contribution in [0.2, 0.25) is 0 Å². The monoisotopic (exact) mass is 139 g/mol. The minimum absolute atomic E-state index is 0.799. The van der Waals surface area contributed by atoms with E-state index in [2.05, 4.69) is 5.16 Å². The topological polar surface area (TPSA) is 21.6 Å². The second kappa shape index (κ2) is 2.26. The molecule has 2 fully saturated rings. The van der Waals surface area contributed by atoms with Gasteiger partial charge in [0.15, 0.2) is 0 Å². The zero-order chi connectivity index (χ0) is 6.97. The zero-order valence-corrected chi connectivity index (χ0v) is 6.34. The van der Waals surface area contributed by atoms with Crippen LogP contribution < -0.4 is 0 Å².